The molecule has 152 valence electrons. The molecule has 1 atom stereocenters. The monoisotopic (exact) mass is 401 g/mol. The van der Waals surface area contributed by atoms with E-state index in [-0.39, 0.29) is 11.8 Å². The van der Waals surface area contributed by atoms with E-state index in [1.807, 2.05) is 54.0 Å². The number of H-pyrrole nitrogens is 1. The summed E-state index contributed by atoms with van der Waals surface area (Å²) in [6.07, 6.45) is 9.00. The van der Waals surface area contributed by atoms with Gasteiger partial charge in [-0.3, -0.25) is 9.78 Å². The van der Waals surface area contributed by atoms with Gasteiger partial charge in [-0.1, -0.05) is 0 Å². The van der Waals surface area contributed by atoms with Crippen LogP contribution < -0.4 is 0 Å². The highest BCUT2D eigenvalue weighted by Crippen LogP contribution is 2.28. The zero-order valence-corrected chi connectivity index (χ0v) is 17.0. The summed E-state index contributed by atoms with van der Waals surface area (Å²) in [5.74, 6) is 1.14. The fourth-order valence-electron chi connectivity index (χ4n) is 4.10. The van der Waals surface area contributed by atoms with Crippen molar-refractivity contribution in [1.29, 1.82) is 0 Å². The number of carbonyl (C=O) groups is 1. The van der Waals surface area contributed by atoms with E-state index in [4.69, 9.17) is 4.98 Å². The molecule has 1 aliphatic heterocycles. The number of fused-ring (bicyclic) bond motifs is 1. The van der Waals surface area contributed by atoms with E-state index in [1.165, 1.54) is 0 Å². The van der Waals surface area contributed by atoms with Gasteiger partial charge in [-0.25, -0.2) is 15.0 Å². The summed E-state index contributed by atoms with van der Waals surface area (Å²) >= 11 is 0. The van der Waals surface area contributed by atoms with Gasteiger partial charge in [0, 0.05) is 37.8 Å². The molecule has 30 heavy (non-hydrogen) atoms. The maximum Gasteiger partial charge on any atom is 0.253 e. The molecule has 0 saturated carbocycles. The van der Waals surface area contributed by atoms with Crippen LogP contribution in [0.2, 0.25) is 0 Å². The average Bonchev–Trinajstić information content (AvgIpc) is 3.39. The van der Waals surface area contributed by atoms with Crippen LogP contribution >= 0.6 is 0 Å². The first-order chi connectivity index (χ1) is 14.6. The molecular weight excluding hydrogens is 378 g/mol. The van der Waals surface area contributed by atoms with Crippen molar-refractivity contribution in [2.75, 3.05) is 13.1 Å². The summed E-state index contributed by atoms with van der Waals surface area (Å²) in [4.78, 5) is 36.0. The molecule has 4 aromatic rings. The zero-order valence-electron chi connectivity index (χ0n) is 17.0. The maximum atomic E-state index is 13.1. The molecule has 1 N–H and O–H groups in total. The van der Waals surface area contributed by atoms with Crippen LogP contribution in [0.25, 0.3) is 22.4 Å². The third-order valence-corrected chi connectivity index (χ3v) is 5.93. The Balaban J connectivity index is 1.38. The van der Waals surface area contributed by atoms with Crippen molar-refractivity contribution in [1.82, 2.24) is 34.4 Å². The molecule has 1 aromatic carbocycles. The number of aryl methyl sites for hydroxylation is 1. The fraction of sp³-hybridized carbons (Fsp3) is 0.318. The number of hydrogen-bond acceptors (Lipinski definition) is 5. The smallest absolute Gasteiger partial charge is 0.253 e. The summed E-state index contributed by atoms with van der Waals surface area (Å²) < 4.78 is 2.01. The number of aromatic nitrogens is 6. The SMILES string of the molecule is Cc1ncc(-c2cncc([C@@H]3CCCN(C(=O)c4ccc5nc[nH]c5c4)C3)n2)n1C. The second kappa shape index (κ2) is 7.37. The van der Waals surface area contributed by atoms with E-state index in [0.717, 1.165) is 53.3 Å². The standard InChI is InChI=1S/C22H23N7O/c1-14-24-11-21(28(14)2)20-10-23-9-19(27-20)16-4-3-7-29(12-16)22(30)15-5-6-17-18(8-15)26-13-25-17/h5-6,8-11,13,16H,3-4,7,12H2,1-2H3,(H,25,26)/t16-/m1/s1. The van der Waals surface area contributed by atoms with E-state index >= 15 is 0 Å². The summed E-state index contributed by atoms with van der Waals surface area (Å²) in [6, 6.07) is 5.60. The molecule has 0 unspecified atom stereocenters. The van der Waals surface area contributed by atoms with Crippen LogP contribution in [0.4, 0.5) is 0 Å². The van der Waals surface area contributed by atoms with E-state index in [1.54, 1.807) is 12.5 Å². The number of carbonyl (C=O) groups excluding carboxylic acids is 1. The van der Waals surface area contributed by atoms with E-state index in [9.17, 15) is 4.79 Å². The van der Waals surface area contributed by atoms with Crippen LogP contribution in [-0.4, -0.2) is 53.4 Å². The van der Waals surface area contributed by atoms with Gasteiger partial charge in [0.2, 0.25) is 0 Å². The minimum Gasteiger partial charge on any atom is -0.345 e. The largest absolute Gasteiger partial charge is 0.345 e. The van der Waals surface area contributed by atoms with Crippen molar-refractivity contribution in [2.45, 2.75) is 25.7 Å². The van der Waals surface area contributed by atoms with E-state index in [2.05, 4.69) is 19.9 Å². The van der Waals surface area contributed by atoms with Gasteiger partial charge >= 0.3 is 0 Å². The summed E-state index contributed by atoms with van der Waals surface area (Å²) in [7, 11) is 1.98. The first-order valence-corrected chi connectivity index (χ1v) is 10.1. The molecule has 4 heterocycles. The number of likely N-dealkylation sites (tertiary alicyclic amines) is 1. The highest BCUT2D eigenvalue weighted by molar-refractivity contribution is 5.97. The summed E-state index contributed by atoms with van der Waals surface area (Å²) in [5, 5.41) is 0. The first-order valence-electron chi connectivity index (χ1n) is 10.1. The number of rotatable bonds is 3. The normalized spacial score (nSPS) is 16.9. The van der Waals surface area contributed by atoms with E-state index < -0.39 is 0 Å². The van der Waals surface area contributed by atoms with Gasteiger partial charge in [-0.15, -0.1) is 0 Å². The molecule has 0 radical (unpaired) electrons. The van der Waals surface area contributed by atoms with Gasteiger partial charge in [-0.2, -0.15) is 0 Å². The van der Waals surface area contributed by atoms with Crippen molar-refractivity contribution in [2.24, 2.45) is 7.05 Å². The van der Waals surface area contributed by atoms with Crippen molar-refractivity contribution in [3.05, 3.63) is 60.2 Å². The summed E-state index contributed by atoms with van der Waals surface area (Å²) in [6.45, 7) is 3.36. The predicted molar refractivity (Wildman–Crippen MR) is 113 cm³/mol. The summed E-state index contributed by atoms with van der Waals surface area (Å²) in [5.41, 5.74) is 5.09. The van der Waals surface area contributed by atoms with Crippen LogP contribution in [0.15, 0.2) is 43.1 Å². The average molecular weight is 401 g/mol. The molecule has 5 rings (SSSR count). The van der Waals surface area contributed by atoms with Crippen LogP contribution in [0.5, 0.6) is 0 Å². The topological polar surface area (TPSA) is 92.6 Å². The molecular formula is C22H23N7O. The third-order valence-electron chi connectivity index (χ3n) is 5.93. The number of imidazole rings is 2. The molecule has 1 saturated heterocycles. The van der Waals surface area contributed by atoms with Gasteiger partial charge in [0.1, 0.15) is 11.5 Å². The number of aromatic amines is 1. The quantitative estimate of drug-likeness (QED) is 0.569. The minimum atomic E-state index is 0.0440. The molecule has 1 amide bonds. The third kappa shape index (κ3) is 3.24. The second-order valence-electron chi connectivity index (χ2n) is 7.80. The first kappa shape index (κ1) is 18.5. The number of piperidine rings is 1. The van der Waals surface area contributed by atoms with Crippen LogP contribution in [0.1, 0.15) is 40.6 Å². The lowest BCUT2D eigenvalue weighted by atomic mass is 9.94. The van der Waals surface area contributed by atoms with Crippen molar-refractivity contribution in [3.63, 3.8) is 0 Å². The Morgan fingerprint density at radius 1 is 1.20 bits per heavy atom. The molecule has 0 aliphatic carbocycles. The van der Waals surface area contributed by atoms with Gasteiger partial charge in [0.25, 0.3) is 5.91 Å². The molecule has 1 aliphatic rings. The molecule has 3 aromatic heterocycles. The van der Waals surface area contributed by atoms with Crippen molar-refractivity contribution < 1.29 is 4.79 Å². The molecule has 8 heteroatoms. The maximum absolute atomic E-state index is 13.1. The van der Waals surface area contributed by atoms with Crippen LogP contribution in [0.3, 0.4) is 0 Å². The second-order valence-corrected chi connectivity index (χ2v) is 7.80. The minimum absolute atomic E-state index is 0.0440. The lowest BCUT2D eigenvalue weighted by molar-refractivity contribution is 0.0706. The van der Waals surface area contributed by atoms with Crippen LogP contribution in [0, 0.1) is 6.92 Å². The van der Waals surface area contributed by atoms with Gasteiger partial charge < -0.3 is 14.5 Å². The van der Waals surface area contributed by atoms with Crippen molar-refractivity contribution >= 4 is 16.9 Å². The lowest BCUT2D eigenvalue weighted by Gasteiger charge is -2.32. The Morgan fingerprint density at radius 3 is 2.93 bits per heavy atom. The van der Waals surface area contributed by atoms with Gasteiger partial charge in [0.15, 0.2) is 0 Å². The Labute approximate surface area is 174 Å². The number of nitrogens with one attached hydrogen (secondary N) is 1. The Hall–Kier alpha value is -3.55. The lowest BCUT2D eigenvalue weighted by Crippen LogP contribution is -2.39. The highest BCUT2D eigenvalue weighted by atomic mass is 16.2. The number of benzene rings is 1. The Bertz CT molecular complexity index is 1230. The van der Waals surface area contributed by atoms with Gasteiger partial charge in [0.05, 0.1) is 41.1 Å². The molecule has 0 bridgehead atoms. The number of nitrogens with zero attached hydrogens (tertiary/aromatic N) is 6. The fourth-order valence-corrected chi connectivity index (χ4v) is 4.10. The number of amides is 1. The zero-order chi connectivity index (χ0) is 20.7. The Morgan fingerprint density at radius 2 is 2.10 bits per heavy atom. The van der Waals surface area contributed by atoms with Crippen molar-refractivity contribution in [3.8, 4) is 11.4 Å². The predicted octanol–water partition coefficient (Wildman–Crippen LogP) is 3.08. The highest BCUT2D eigenvalue weighted by Gasteiger charge is 2.27. The molecule has 1 fully saturated rings. The molecule has 0 spiro atoms. The number of hydrogen-bond donors (Lipinski definition) is 1. The van der Waals surface area contributed by atoms with Crippen LogP contribution in [-0.2, 0) is 7.05 Å². The molecule has 8 nitrogen and oxygen atoms in total. The Kier molecular flexibility index (Phi) is 4.54. The van der Waals surface area contributed by atoms with E-state index in [0.29, 0.717) is 12.1 Å². The van der Waals surface area contributed by atoms with Gasteiger partial charge in [-0.05, 0) is 38.0 Å².